The molecule has 1 fully saturated rings. The summed E-state index contributed by atoms with van der Waals surface area (Å²) in [6.07, 6.45) is 7.80. The zero-order chi connectivity index (χ0) is 15.5. The Morgan fingerprint density at radius 2 is 2.14 bits per heavy atom. The number of carbonyl (C=O) groups is 1. The summed E-state index contributed by atoms with van der Waals surface area (Å²) in [5.74, 6) is 0. The largest absolute Gasteiger partial charge is 0.333 e. The highest BCUT2D eigenvalue weighted by atomic mass is 16.2. The molecule has 1 aliphatic carbocycles. The maximum atomic E-state index is 12.3. The third-order valence-electron chi connectivity index (χ3n) is 4.08. The maximum absolute atomic E-state index is 12.3. The molecule has 1 saturated carbocycles. The van der Waals surface area contributed by atoms with Crippen LogP contribution in [-0.4, -0.2) is 16.6 Å². The van der Waals surface area contributed by atoms with Crippen LogP contribution in [0.3, 0.4) is 0 Å². The van der Waals surface area contributed by atoms with Crippen LogP contribution in [0.5, 0.6) is 0 Å². The molecule has 1 aromatic heterocycles. The van der Waals surface area contributed by atoms with E-state index in [2.05, 4.69) is 43.3 Å². The topological polar surface area (TPSA) is 54.0 Å². The van der Waals surface area contributed by atoms with Crippen LogP contribution in [0.4, 0.5) is 4.79 Å². The van der Waals surface area contributed by atoms with Crippen molar-refractivity contribution < 1.29 is 4.79 Å². The number of amides is 2. The molecule has 0 aromatic carbocycles. The molecule has 2 amide bonds. The molecule has 0 unspecified atom stereocenters. The Morgan fingerprint density at radius 3 is 2.62 bits per heavy atom. The number of nitrogens with zero attached hydrogens (tertiary/aromatic N) is 1. The van der Waals surface area contributed by atoms with E-state index in [1.165, 1.54) is 6.42 Å². The van der Waals surface area contributed by atoms with Gasteiger partial charge >= 0.3 is 6.03 Å². The van der Waals surface area contributed by atoms with Crippen LogP contribution in [0.2, 0.25) is 0 Å². The Bertz CT molecular complexity index is 475. The predicted molar refractivity (Wildman–Crippen MR) is 85.0 cm³/mol. The third kappa shape index (κ3) is 4.73. The zero-order valence-electron chi connectivity index (χ0n) is 13.6. The van der Waals surface area contributed by atoms with Crippen molar-refractivity contribution in [3.63, 3.8) is 0 Å². The summed E-state index contributed by atoms with van der Waals surface area (Å²) in [6.45, 7) is 8.66. The number of aromatic nitrogens is 1. The third-order valence-corrected chi connectivity index (χ3v) is 4.08. The van der Waals surface area contributed by atoms with E-state index in [9.17, 15) is 4.79 Å². The van der Waals surface area contributed by atoms with Gasteiger partial charge in [0.25, 0.3) is 0 Å². The second kappa shape index (κ2) is 6.04. The average Bonchev–Trinajstić information content (AvgIpc) is 2.35. The molecule has 1 heterocycles. The summed E-state index contributed by atoms with van der Waals surface area (Å²) in [5.41, 5.74) is 1.17. The van der Waals surface area contributed by atoms with E-state index in [0.717, 1.165) is 24.8 Å². The normalized spacial score (nSPS) is 18.5. The fourth-order valence-corrected chi connectivity index (χ4v) is 2.75. The van der Waals surface area contributed by atoms with Gasteiger partial charge in [-0.05, 0) is 49.7 Å². The first kappa shape index (κ1) is 15.8. The van der Waals surface area contributed by atoms with E-state index in [1.807, 2.05) is 18.3 Å². The van der Waals surface area contributed by atoms with Crippen LogP contribution in [-0.2, 0) is 0 Å². The minimum atomic E-state index is -0.0738. The van der Waals surface area contributed by atoms with Gasteiger partial charge in [0.15, 0.2) is 0 Å². The van der Waals surface area contributed by atoms with E-state index in [0.29, 0.717) is 0 Å². The van der Waals surface area contributed by atoms with Gasteiger partial charge in [-0.1, -0.05) is 26.8 Å². The molecule has 116 valence electrons. The molecular weight excluding hydrogens is 262 g/mol. The Balaban J connectivity index is 2.03. The van der Waals surface area contributed by atoms with Crippen LogP contribution in [0.1, 0.15) is 65.0 Å². The standard InChI is InChI=1S/C17H27N3O/c1-16(2,3)11-14(13-7-5-10-18-12-13)19-15(21)20-17(4)8-6-9-17/h5,7,10,12,14H,6,8-9,11H2,1-4H3,(H2,19,20,21)/t14-/m0/s1. The van der Waals surface area contributed by atoms with Crippen molar-refractivity contribution in [1.82, 2.24) is 15.6 Å². The highest BCUT2D eigenvalue weighted by Gasteiger charge is 2.34. The first-order chi connectivity index (χ1) is 9.77. The lowest BCUT2D eigenvalue weighted by Gasteiger charge is -2.39. The van der Waals surface area contributed by atoms with Crippen LogP contribution >= 0.6 is 0 Å². The lowest BCUT2D eigenvalue weighted by atomic mass is 9.79. The zero-order valence-corrected chi connectivity index (χ0v) is 13.6. The molecule has 1 aliphatic rings. The van der Waals surface area contributed by atoms with Crippen LogP contribution in [0.15, 0.2) is 24.5 Å². The van der Waals surface area contributed by atoms with Gasteiger partial charge in [-0.25, -0.2) is 4.79 Å². The number of hydrogen-bond donors (Lipinski definition) is 2. The monoisotopic (exact) mass is 289 g/mol. The molecule has 0 bridgehead atoms. The highest BCUT2D eigenvalue weighted by Crippen LogP contribution is 2.32. The molecule has 0 radical (unpaired) electrons. The molecule has 4 nitrogen and oxygen atoms in total. The lowest BCUT2D eigenvalue weighted by molar-refractivity contribution is 0.185. The van der Waals surface area contributed by atoms with E-state index in [1.54, 1.807) is 6.20 Å². The first-order valence-electron chi connectivity index (χ1n) is 7.76. The fourth-order valence-electron chi connectivity index (χ4n) is 2.75. The Labute approximate surface area is 127 Å². The Hall–Kier alpha value is -1.58. The smallest absolute Gasteiger partial charge is 0.315 e. The summed E-state index contributed by atoms with van der Waals surface area (Å²) in [7, 11) is 0. The summed E-state index contributed by atoms with van der Waals surface area (Å²) in [4.78, 5) is 16.5. The van der Waals surface area contributed by atoms with E-state index < -0.39 is 0 Å². The van der Waals surface area contributed by atoms with Crippen molar-refractivity contribution in [2.45, 2.75) is 65.0 Å². The number of urea groups is 1. The molecular formula is C17H27N3O. The van der Waals surface area contributed by atoms with Gasteiger partial charge in [0.2, 0.25) is 0 Å². The number of pyridine rings is 1. The quantitative estimate of drug-likeness (QED) is 0.885. The van der Waals surface area contributed by atoms with Crippen molar-refractivity contribution in [2.75, 3.05) is 0 Å². The van der Waals surface area contributed by atoms with E-state index in [4.69, 9.17) is 0 Å². The van der Waals surface area contributed by atoms with Crippen molar-refractivity contribution in [3.05, 3.63) is 30.1 Å². The number of hydrogen-bond acceptors (Lipinski definition) is 2. The molecule has 0 saturated heterocycles. The van der Waals surface area contributed by atoms with Gasteiger partial charge in [-0.2, -0.15) is 0 Å². The number of carbonyl (C=O) groups excluding carboxylic acids is 1. The van der Waals surface area contributed by atoms with Gasteiger partial charge in [-0.3, -0.25) is 4.98 Å². The van der Waals surface area contributed by atoms with Gasteiger partial charge in [-0.15, -0.1) is 0 Å². The van der Waals surface area contributed by atoms with E-state index >= 15 is 0 Å². The fraction of sp³-hybridized carbons (Fsp3) is 0.647. The summed E-state index contributed by atoms with van der Waals surface area (Å²) >= 11 is 0. The summed E-state index contributed by atoms with van der Waals surface area (Å²) in [5, 5.41) is 6.23. The van der Waals surface area contributed by atoms with Gasteiger partial charge in [0.1, 0.15) is 0 Å². The summed E-state index contributed by atoms with van der Waals surface area (Å²) in [6, 6.07) is 3.85. The molecule has 1 atom stereocenters. The van der Waals surface area contributed by atoms with E-state index in [-0.39, 0.29) is 23.0 Å². The SMILES string of the molecule is CC(C)(C)C[C@H](NC(=O)NC1(C)CCC1)c1cccnc1. The first-order valence-corrected chi connectivity index (χ1v) is 7.76. The van der Waals surface area contributed by atoms with Gasteiger partial charge < -0.3 is 10.6 Å². The van der Waals surface area contributed by atoms with Gasteiger partial charge in [0, 0.05) is 17.9 Å². The second-order valence-corrected chi connectivity index (χ2v) is 7.62. The highest BCUT2D eigenvalue weighted by molar-refractivity contribution is 5.75. The molecule has 0 aliphatic heterocycles. The number of rotatable bonds is 4. The summed E-state index contributed by atoms with van der Waals surface area (Å²) < 4.78 is 0. The molecule has 1 aromatic rings. The minimum Gasteiger partial charge on any atom is -0.333 e. The molecule has 21 heavy (non-hydrogen) atoms. The van der Waals surface area contributed by atoms with Crippen molar-refractivity contribution >= 4 is 6.03 Å². The van der Waals surface area contributed by atoms with Crippen LogP contribution < -0.4 is 10.6 Å². The molecule has 2 N–H and O–H groups in total. The molecule has 4 heteroatoms. The Kier molecular flexibility index (Phi) is 4.55. The van der Waals surface area contributed by atoms with Gasteiger partial charge in [0.05, 0.1) is 6.04 Å². The van der Waals surface area contributed by atoms with Crippen molar-refractivity contribution in [1.29, 1.82) is 0 Å². The maximum Gasteiger partial charge on any atom is 0.315 e. The van der Waals surface area contributed by atoms with Crippen molar-refractivity contribution in [3.8, 4) is 0 Å². The molecule has 2 rings (SSSR count). The number of nitrogens with one attached hydrogen (secondary N) is 2. The Morgan fingerprint density at radius 1 is 1.43 bits per heavy atom. The molecule has 0 spiro atoms. The average molecular weight is 289 g/mol. The van der Waals surface area contributed by atoms with Crippen LogP contribution in [0.25, 0.3) is 0 Å². The van der Waals surface area contributed by atoms with Crippen LogP contribution in [0, 0.1) is 5.41 Å². The van der Waals surface area contributed by atoms with Crippen molar-refractivity contribution in [2.24, 2.45) is 5.41 Å². The predicted octanol–water partition coefficient (Wildman–Crippen LogP) is 3.80. The second-order valence-electron chi connectivity index (χ2n) is 7.62. The minimum absolute atomic E-state index is 0.0117. The lowest BCUT2D eigenvalue weighted by Crippen LogP contribution is -2.54.